The third-order valence-corrected chi connectivity index (χ3v) is 8.06. The molecule has 2 heterocycles. The second-order valence-electron chi connectivity index (χ2n) is 9.53. The fourth-order valence-corrected chi connectivity index (χ4v) is 5.60. The number of thioether (sulfide) groups is 1. The third-order valence-electron chi connectivity index (χ3n) is 7.07. The molecule has 1 fully saturated rings. The van der Waals surface area contributed by atoms with E-state index >= 15 is 0 Å². The van der Waals surface area contributed by atoms with Gasteiger partial charge in [-0.25, -0.2) is 4.79 Å². The van der Waals surface area contributed by atoms with Gasteiger partial charge in [-0.05, 0) is 85.3 Å². The number of urea groups is 1. The number of hydrogen-bond acceptors (Lipinski definition) is 3. The van der Waals surface area contributed by atoms with Crippen molar-refractivity contribution in [1.82, 2.24) is 9.47 Å². The van der Waals surface area contributed by atoms with E-state index in [4.69, 9.17) is 11.6 Å². The molecule has 1 saturated carbocycles. The van der Waals surface area contributed by atoms with E-state index in [9.17, 15) is 9.59 Å². The van der Waals surface area contributed by atoms with E-state index in [0.717, 1.165) is 40.4 Å². The van der Waals surface area contributed by atoms with Crippen LogP contribution in [0.2, 0.25) is 5.02 Å². The number of hydrogen-bond donors (Lipinski definition) is 1. The predicted octanol–water partition coefficient (Wildman–Crippen LogP) is 6.99. The van der Waals surface area contributed by atoms with Crippen molar-refractivity contribution in [2.24, 2.45) is 0 Å². The second-order valence-corrected chi connectivity index (χ2v) is 10.8. The van der Waals surface area contributed by atoms with Crippen LogP contribution in [0.3, 0.4) is 0 Å². The molecule has 192 valence electrons. The smallest absolute Gasteiger partial charge is 0.316 e. The maximum Gasteiger partial charge on any atom is 0.322 e. The van der Waals surface area contributed by atoms with Gasteiger partial charge in [0.2, 0.25) is 5.91 Å². The van der Waals surface area contributed by atoms with Gasteiger partial charge < -0.3 is 14.8 Å². The lowest BCUT2D eigenvalue weighted by Gasteiger charge is -2.39. The summed E-state index contributed by atoms with van der Waals surface area (Å²) in [5.41, 5.74) is 4.39. The Labute approximate surface area is 231 Å². The van der Waals surface area contributed by atoms with E-state index in [1.165, 1.54) is 0 Å². The Morgan fingerprint density at radius 1 is 0.947 bits per heavy atom. The molecule has 0 radical (unpaired) electrons. The van der Waals surface area contributed by atoms with Gasteiger partial charge in [-0.2, -0.15) is 0 Å². The molecule has 1 aromatic heterocycles. The molecular formula is C30H27ClN4O2S. The van der Waals surface area contributed by atoms with Gasteiger partial charge in [-0.3, -0.25) is 9.69 Å². The second kappa shape index (κ2) is 10.2. The van der Waals surface area contributed by atoms with Gasteiger partial charge in [0.15, 0.2) is 0 Å². The normalized spacial score (nSPS) is 15.9. The monoisotopic (exact) mass is 542 g/mol. The van der Waals surface area contributed by atoms with E-state index < -0.39 is 0 Å². The van der Waals surface area contributed by atoms with Crippen LogP contribution in [0.25, 0.3) is 5.69 Å². The van der Waals surface area contributed by atoms with Crippen LogP contribution in [0, 0.1) is 0 Å². The van der Waals surface area contributed by atoms with Gasteiger partial charge in [-0.1, -0.05) is 35.9 Å². The van der Waals surface area contributed by atoms with Crippen molar-refractivity contribution in [2.45, 2.75) is 29.8 Å². The highest BCUT2D eigenvalue weighted by molar-refractivity contribution is 7.98. The number of nitrogens with one attached hydrogen (secondary N) is 1. The van der Waals surface area contributed by atoms with E-state index in [-0.39, 0.29) is 30.6 Å². The molecule has 1 aliphatic heterocycles. The van der Waals surface area contributed by atoms with Crippen molar-refractivity contribution in [3.63, 3.8) is 0 Å². The quantitative estimate of drug-likeness (QED) is 0.267. The molecule has 1 unspecified atom stereocenters. The summed E-state index contributed by atoms with van der Waals surface area (Å²) in [7, 11) is 0. The van der Waals surface area contributed by atoms with Crippen molar-refractivity contribution in [3.05, 3.63) is 107 Å². The number of halogens is 1. The predicted molar refractivity (Wildman–Crippen MR) is 154 cm³/mol. The van der Waals surface area contributed by atoms with Crippen molar-refractivity contribution in [1.29, 1.82) is 0 Å². The molecule has 38 heavy (non-hydrogen) atoms. The number of rotatable bonds is 6. The average molecular weight is 543 g/mol. The van der Waals surface area contributed by atoms with Crippen LogP contribution < -0.4 is 10.2 Å². The lowest BCUT2D eigenvalue weighted by atomic mass is 9.97. The number of benzene rings is 3. The Morgan fingerprint density at radius 2 is 1.66 bits per heavy atom. The third kappa shape index (κ3) is 4.68. The van der Waals surface area contributed by atoms with E-state index in [0.29, 0.717) is 10.7 Å². The van der Waals surface area contributed by atoms with Crippen molar-refractivity contribution < 1.29 is 9.59 Å². The van der Waals surface area contributed by atoms with E-state index in [1.54, 1.807) is 16.7 Å². The fourth-order valence-electron chi connectivity index (χ4n) is 5.07. The number of nitrogens with zero attached hydrogens (tertiary/aromatic N) is 3. The van der Waals surface area contributed by atoms with Crippen LogP contribution in [0.4, 0.5) is 16.2 Å². The number of carbonyl (C=O) groups excluding carboxylic acids is 2. The highest BCUT2D eigenvalue weighted by Crippen LogP contribution is 2.42. The SMILES string of the molecule is CSc1ccc(NC(=O)N(CC(=O)N2c3ccccc3-n3cccc3C2c2ccc(Cl)cc2)C2CC2)cc1. The zero-order chi connectivity index (χ0) is 26.2. The summed E-state index contributed by atoms with van der Waals surface area (Å²) in [5, 5.41) is 3.63. The standard InChI is InChI=1S/C30H27ClN4O2S/c1-38-24-16-12-22(13-17-24)32-30(37)34(23-14-15-23)19-28(36)35-26-6-3-2-5-25(26)33-18-4-7-27(33)29(35)20-8-10-21(31)11-9-20/h2-13,16-18,23,29H,14-15,19H2,1H3,(H,32,37). The lowest BCUT2D eigenvalue weighted by molar-refractivity contribution is -0.119. The fraction of sp³-hybridized carbons (Fsp3) is 0.200. The van der Waals surface area contributed by atoms with Crippen molar-refractivity contribution in [2.75, 3.05) is 23.0 Å². The summed E-state index contributed by atoms with van der Waals surface area (Å²) in [6.45, 7) is -0.0153. The zero-order valence-corrected chi connectivity index (χ0v) is 22.5. The Balaban J connectivity index is 1.33. The summed E-state index contributed by atoms with van der Waals surface area (Å²) in [6, 6.07) is 26.7. The number of anilines is 2. The number of aromatic nitrogens is 1. The molecule has 3 aromatic carbocycles. The number of para-hydroxylation sites is 2. The van der Waals surface area contributed by atoms with E-state index in [1.807, 2.05) is 102 Å². The first kappa shape index (κ1) is 24.6. The maximum absolute atomic E-state index is 14.2. The number of fused-ring (bicyclic) bond motifs is 3. The molecule has 1 atom stereocenters. The molecule has 6 rings (SSSR count). The first-order valence-electron chi connectivity index (χ1n) is 12.6. The van der Waals surface area contributed by atoms with Crippen molar-refractivity contribution in [3.8, 4) is 5.69 Å². The van der Waals surface area contributed by atoms with Gasteiger partial charge in [0.25, 0.3) is 0 Å². The van der Waals surface area contributed by atoms with Crippen LogP contribution in [0.15, 0.2) is 96.0 Å². The molecule has 0 saturated heterocycles. The molecular weight excluding hydrogens is 516 g/mol. The summed E-state index contributed by atoms with van der Waals surface area (Å²) in [6.07, 6.45) is 5.82. The maximum atomic E-state index is 14.2. The molecule has 3 amide bonds. The van der Waals surface area contributed by atoms with Crippen LogP contribution in [0.1, 0.15) is 30.1 Å². The van der Waals surface area contributed by atoms with Crippen LogP contribution in [-0.2, 0) is 4.79 Å². The molecule has 8 heteroatoms. The molecule has 4 aromatic rings. The first-order chi connectivity index (χ1) is 18.5. The van der Waals surface area contributed by atoms with Gasteiger partial charge >= 0.3 is 6.03 Å². The Hall–Kier alpha value is -3.68. The summed E-state index contributed by atoms with van der Waals surface area (Å²) >= 11 is 7.85. The molecule has 6 nitrogen and oxygen atoms in total. The summed E-state index contributed by atoms with van der Waals surface area (Å²) < 4.78 is 2.13. The molecule has 2 aliphatic rings. The average Bonchev–Trinajstić information content (AvgIpc) is 3.66. The van der Waals surface area contributed by atoms with Crippen molar-refractivity contribution >= 4 is 46.7 Å². The Kier molecular flexibility index (Phi) is 6.64. The summed E-state index contributed by atoms with van der Waals surface area (Å²) in [5.74, 6) is -0.135. The molecule has 1 aliphatic carbocycles. The van der Waals surface area contributed by atoms with Crippen LogP contribution >= 0.6 is 23.4 Å². The van der Waals surface area contributed by atoms with Gasteiger partial charge in [-0.15, -0.1) is 11.8 Å². The number of carbonyl (C=O) groups is 2. The first-order valence-corrected chi connectivity index (χ1v) is 14.2. The van der Waals surface area contributed by atoms with Gasteiger partial charge in [0.05, 0.1) is 17.1 Å². The largest absolute Gasteiger partial charge is 0.322 e. The minimum absolute atomic E-state index is 0.0153. The van der Waals surface area contributed by atoms with E-state index in [2.05, 4.69) is 9.88 Å². The Bertz CT molecular complexity index is 1480. The minimum Gasteiger partial charge on any atom is -0.316 e. The minimum atomic E-state index is -0.354. The highest BCUT2D eigenvalue weighted by atomic mass is 35.5. The van der Waals surface area contributed by atoms with Crippen LogP contribution in [-0.4, -0.2) is 40.2 Å². The molecule has 1 N–H and O–H groups in total. The van der Waals surface area contributed by atoms with Gasteiger partial charge in [0, 0.05) is 27.8 Å². The molecule has 0 bridgehead atoms. The van der Waals surface area contributed by atoms with Gasteiger partial charge in [0.1, 0.15) is 12.6 Å². The highest BCUT2D eigenvalue weighted by Gasteiger charge is 2.40. The topological polar surface area (TPSA) is 57.6 Å². The molecule has 0 spiro atoms. The lowest BCUT2D eigenvalue weighted by Crippen LogP contribution is -2.48. The van der Waals surface area contributed by atoms with Crippen LogP contribution in [0.5, 0.6) is 0 Å². The zero-order valence-electron chi connectivity index (χ0n) is 20.9. The summed E-state index contributed by atoms with van der Waals surface area (Å²) in [4.78, 5) is 32.2. The Morgan fingerprint density at radius 3 is 2.34 bits per heavy atom. The number of amides is 3.